The van der Waals surface area contributed by atoms with Gasteiger partial charge in [0.25, 0.3) is 0 Å². The Morgan fingerprint density at radius 3 is 2.36 bits per heavy atom. The van der Waals surface area contributed by atoms with E-state index in [1.807, 2.05) is 20.8 Å². The van der Waals surface area contributed by atoms with E-state index in [9.17, 15) is 4.79 Å². The van der Waals surface area contributed by atoms with Crippen molar-refractivity contribution in [1.82, 2.24) is 0 Å². The van der Waals surface area contributed by atoms with Crippen LogP contribution in [-0.2, 0) is 11.2 Å². The third kappa shape index (κ3) is 2.37. The van der Waals surface area contributed by atoms with Crippen molar-refractivity contribution in [2.24, 2.45) is 5.41 Å². The molecular weight excluding hydrogens is 268 g/mol. The van der Waals surface area contributed by atoms with E-state index in [0.717, 1.165) is 18.4 Å². The van der Waals surface area contributed by atoms with Gasteiger partial charge in [0.1, 0.15) is 0 Å². The fourth-order valence-electron chi connectivity index (χ4n) is 4.00. The molecule has 0 saturated heterocycles. The van der Waals surface area contributed by atoms with Crippen LogP contribution in [0, 0.1) is 5.41 Å². The number of allylic oxidation sites excluding steroid dienone is 4. The summed E-state index contributed by atoms with van der Waals surface area (Å²) in [7, 11) is 0. The molecule has 0 radical (unpaired) electrons. The first-order chi connectivity index (χ1) is 10.5. The van der Waals surface area contributed by atoms with Crippen molar-refractivity contribution in [3.63, 3.8) is 0 Å². The number of hydrogen-bond acceptors (Lipinski definition) is 1. The molecule has 2 aliphatic rings. The molecule has 0 aliphatic heterocycles. The smallest absolute Gasteiger partial charge is 0.158 e. The molecule has 2 aliphatic carbocycles. The van der Waals surface area contributed by atoms with Gasteiger partial charge in [-0.25, -0.2) is 0 Å². The summed E-state index contributed by atoms with van der Waals surface area (Å²) < 4.78 is 0. The number of benzene rings is 1. The number of carbonyl (C=O) groups is 1. The Morgan fingerprint density at radius 2 is 1.73 bits per heavy atom. The van der Waals surface area contributed by atoms with E-state index in [1.54, 1.807) is 0 Å². The first-order valence-electron chi connectivity index (χ1n) is 8.45. The summed E-state index contributed by atoms with van der Waals surface area (Å²) in [5.41, 5.74) is 7.91. The van der Waals surface area contributed by atoms with Gasteiger partial charge >= 0.3 is 0 Å². The molecule has 0 aromatic heterocycles. The van der Waals surface area contributed by atoms with Crippen LogP contribution in [0.3, 0.4) is 0 Å². The quantitative estimate of drug-likeness (QED) is 0.603. The van der Waals surface area contributed by atoms with Crippen molar-refractivity contribution < 1.29 is 4.79 Å². The topological polar surface area (TPSA) is 17.1 Å². The highest BCUT2D eigenvalue weighted by Gasteiger charge is 2.47. The fourth-order valence-corrected chi connectivity index (χ4v) is 4.00. The first-order valence-corrected chi connectivity index (χ1v) is 8.45. The van der Waals surface area contributed by atoms with Gasteiger partial charge in [-0.3, -0.25) is 4.79 Å². The van der Waals surface area contributed by atoms with Crippen LogP contribution in [0.1, 0.15) is 65.5 Å². The molecule has 1 nitrogen and oxygen atoms in total. The average molecular weight is 296 g/mol. The Hall–Kier alpha value is -1.63. The molecule has 1 heteroatoms. The van der Waals surface area contributed by atoms with E-state index in [0.29, 0.717) is 12.2 Å². The Balaban J connectivity index is 0.000000847. The van der Waals surface area contributed by atoms with Gasteiger partial charge in [-0.15, -0.1) is 0 Å². The fraction of sp³-hybridized carbons (Fsp3) is 0.476. The standard InChI is InChI=1S/C19H22O.C2H6/c1-12(2)14(4)19-10-9-17(20)13(3)18(19)16-8-6-5-7-15(16)11-19;1-2/h5-8H,9-11H2,1-4H3;1-2H3. The molecule has 0 saturated carbocycles. The maximum atomic E-state index is 12.2. The minimum Gasteiger partial charge on any atom is -0.295 e. The lowest BCUT2D eigenvalue weighted by molar-refractivity contribution is -0.116. The predicted molar refractivity (Wildman–Crippen MR) is 94.8 cm³/mol. The van der Waals surface area contributed by atoms with Crippen molar-refractivity contribution >= 4 is 11.4 Å². The van der Waals surface area contributed by atoms with Crippen LogP contribution in [0.25, 0.3) is 5.57 Å². The Morgan fingerprint density at radius 1 is 1.09 bits per heavy atom. The maximum Gasteiger partial charge on any atom is 0.158 e. The molecule has 1 unspecified atom stereocenters. The molecule has 0 spiro atoms. The second-order valence-electron chi connectivity index (χ2n) is 6.46. The van der Waals surface area contributed by atoms with Crippen molar-refractivity contribution in [3.05, 3.63) is 52.1 Å². The molecular formula is C21H28O. The zero-order chi connectivity index (χ0) is 16.5. The van der Waals surface area contributed by atoms with E-state index in [4.69, 9.17) is 0 Å². The third-order valence-electron chi connectivity index (χ3n) is 5.30. The van der Waals surface area contributed by atoms with Gasteiger partial charge in [0.05, 0.1) is 0 Å². The summed E-state index contributed by atoms with van der Waals surface area (Å²) in [6.45, 7) is 12.7. The number of Topliss-reactive ketones (excluding diaryl/α,β-unsaturated/α-hetero) is 1. The molecule has 0 heterocycles. The summed E-state index contributed by atoms with van der Waals surface area (Å²) in [4.78, 5) is 12.2. The molecule has 1 aromatic rings. The van der Waals surface area contributed by atoms with Gasteiger partial charge in [-0.1, -0.05) is 49.3 Å². The first kappa shape index (κ1) is 16.7. The molecule has 22 heavy (non-hydrogen) atoms. The number of carbonyl (C=O) groups excluding carboxylic acids is 1. The summed E-state index contributed by atoms with van der Waals surface area (Å²) in [5.74, 6) is 0.328. The van der Waals surface area contributed by atoms with Gasteiger partial charge in [0.15, 0.2) is 5.78 Å². The van der Waals surface area contributed by atoms with Gasteiger partial charge in [-0.05, 0) is 62.8 Å². The lowest BCUT2D eigenvalue weighted by atomic mass is 9.65. The zero-order valence-corrected chi connectivity index (χ0v) is 14.8. The molecule has 118 valence electrons. The van der Waals surface area contributed by atoms with Crippen LogP contribution in [0.5, 0.6) is 0 Å². The van der Waals surface area contributed by atoms with Crippen LogP contribution in [0.4, 0.5) is 0 Å². The van der Waals surface area contributed by atoms with Gasteiger partial charge in [0, 0.05) is 11.8 Å². The van der Waals surface area contributed by atoms with Gasteiger partial charge in [0.2, 0.25) is 0 Å². The number of ketones is 1. The normalized spacial score (nSPS) is 22.5. The number of rotatable bonds is 1. The molecule has 3 rings (SSSR count). The highest BCUT2D eigenvalue weighted by molar-refractivity contribution is 6.06. The minimum atomic E-state index is 0.0700. The van der Waals surface area contributed by atoms with Crippen molar-refractivity contribution in [2.45, 2.75) is 60.8 Å². The van der Waals surface area contributed by atoms with Crippen LogP contribution in [0.15, 0.2) is 41.0 Å². The van der Waals surface area contributed by atoms with Crippen LogP contribution < -0.4 is 0 Å². The lowest BCUT2D eigenvalue weighted by Gasteiger charge is -2.38. The molecule has 0 N–H and O–H groups in total. The highest BCUT2D eigenvalue weighted by atomic mass is 16.1. The summed E-state index contributed by atoms with van der Waals surface area (Å²) >= 11 is 0. The van der Waals surface area contributed by atoms with Crippen LogP contribution >= 0.6 is 0 Å². The highest BCUT2D eigenvalue weighted by Crippen LogP contribution is 2.57. The van der Waals surface area contributed by atoms with E-state index >= 15 is 0 Å². The van der Waals surface area contributed by atoms with Crippen molar-refractivity contribution in [1.29, 1.82) is 0 Å². The number of hydrogen-bond donors (Lipinski definition) is 0. The van der Waals surface area contributed by atoms with E-state index in [-0.39, 0.29) is 5.41 Å². The van der Waals surface area contributed by atoms with E-state index in [2.05, 4.69) is 45.0 Å². The largest absolute Gasteiger partial charge is 0.295 e. The molecule has 0 amide bonds. The third-order valence-corrected chi connectivity index (χ3v) is 5.30. The monoisotopic (exact) mass is 296 g/mol. The maximum absolute atomic E-state index is 12.2. The van der Waals surface area contributed by atoms with E-state index < -0.39 is 0 Å². The summed E-state index contributed by atoms with van der Waals surface area (Å²) in [6, 6.07) is 8.61. The average Bonchev–Trinajstić information content (AvgIpc) is 2.88. The second-order valence-corrected chi connectivity index (χ2v) is 6.46. The minimum absolute atomic E-state index is 0.0700. The van der Waals surface area contributed by atoms with Crippen molar-refractivity contribution in [2.75, 3.05) is 0 Å². The molecule has 0 bridgehead atoms. The lowest BCUT2D eigenvalue weighted by Crippen LogP contribution is -2.29. The number of fused-ring (bicyclic) bond motifs is 3. The Bertz CT molecular complexity index is 656. The van der Waals surface area contributed by atoms with E-state index in [1.165, 1.54) is 27.8 Å². The molecule has 1 atom stereocenters. The van der Waals surface area contributed by atoms with Gasteiger partial charge < -0.3 is 0 Å². The predicted octanol–water partition coefficient (Wildman–Crippen LogP) is 5.75. The molecule has 0 fully saturated rings. The van der Waals surface area contributed by atoms with Crippen molar-refractivity contribution in [3.8, 4) is 0 Å². The Labute approximate surface area is 135 Å². The zero-order valence-electron chi connectivity index (χ0n) is 14.8. The Kier molecular flexibility index (Phi) is 4.75. The van der Waals surface area contributed by atoms with Crippen LogP contribution in [0.2, 0.25) is 0 Å². The van der Waals surface area contributed by atoms with Gasteiger partial charge in [-0.2, -0.15) is 0 Å². The summed E-state index contributed by atoms with van der Waals surface area (Å²) in [6.07, 6.45) is 2.71. The SMILES string of the molecule is CC.CC(C)=C(C)C12CCC(=O)C(C)=C1c1ccccc1C2. The molecule has 1 aromatic carbocycles. The van der Waals surface area contributed by atoms with Crippen LogP contribution in [-0.4, -0.2) is 5.78 Å². The summed E-state index contributed by atoms with van der Waals surface area (Å²) in [5, 5.41) is 0. The second kappa shape index (κ2) is 6.24.